The monoisotopic (exact) mass is 216 g/mol. The molecule has 0 aromatic rings. The van der Waals surface area contributed by atoms with Crippen molar-refractivity contribution < 1.29 is 18.3 Å². The number of aliphatic hydroxyl groups is 1. The Labute approximate surface area is 79.9 Å². The molecule has 0 aliphatic heterocycles. The van der Waals surface area contributed by atoms with E-state index in [0.717, 1.165) is 0 Å². The van der Waals surface area contributed by atoms with Gasteiger partial charge >= 0.3 is 6.18 Å². The largest absolute Gasteiger partial charge is 0.395 e. The number of hydrogen-bond acceptors (Lipinski definition) is 1. The van der Waals surface area contributed by atoms with Crippen LogP contribution in [0.3, 0.4) is 0 Å². The van der Waals surface area contributed by atoms with E-state index in [1.54, 1.807) is 6.92 Å². The van der Waals surface area contributed by atoms with Gasteiger partial charge in [0.05, 0.1) is 17.4 Å². The summed E-state index contributed by atoms with van der Waals surface area (Å²) in [5.41, 5.74) is 0. The second kappa shape index (κ2) is 3.65. The van der Waals surface area contributed by atoms with Crippen molar-refractivity contribution >= 4 is 11.6 Å². The minimum atomic E-state index is -4.39. The van der Waals surface area contributed by atoms with Crippen molar-refractivity contribution in [3.8, 4) is 0 Å². The zero-order valence-electron chi connectivity index (χ0n) is 7.18. The van der Waals surface area contributed by atoms with Crippen LogP contribution in [0.1, 0.15) is 19.8 Å². The van der Waals surface area contributed by atoms with Crippen molar-refractivity contribution in [3.63, 3.8) is 0 Å². The lowest BCUT2D eigenvalue weighted by atomic mass is 9.79. The predicted octanol–water partition coefficient (Wildman–Crippen LogP) is 2.56. The Hall–Kier alpha value is 0.0400. The highest BCUT2D eigenvalue weighted by Crippen LogP contribution is 2.42. The highest BCUT2D eigenvalue weighted by molar-refractivity contribution is 6.21. The lowest BCUT2D eigenvalue weighted by molar-refractivity contribution is -0.210. The molecule has 0 saturated heterocycles. The van der Waals surface area contributed by atoms with E-state index in [2.05, 4.69) is 0 Å². The zero-order valence-corrected chi connectivity index (χ0v) is 7.94. The van der Waals surface area contributed by atoms with E-state index in [1.807, 2.05) is 0 Å². The van der Waals surface area contributed by atoms with Crippen molar-refractivity contribution in [1.29, 1.82) is 0 Å². The Morgan fingerprint density at radius 3 is 2.23 bits per heavy atom. The van der Waals surface area contributed by atoms with Gasteiger partial charge in [0.2, 0.25) is 0 Å². The van der Waals surface area contributed by atoms with Gasteiger partial charge in [0, 0.05) is 0 Å². The summed E-state index contributed by atoms with van der Waals surface area (Å²) in [6, 6.07) is 0. The molecule has 1 N–H and O–H groups in total. The quantitative estimate of drug-likeness (QED) is 0.617. The fraction of sp³-hybridized carbons (Fsp3) is 1.00. The Bertz CT molecular complexity index is 183. The molecule has 1 nitrogen and oxygen atoms in total. The van der Waals surface area contributed by atoms with E-state index in [0.29, 0.717) is 6.42 Å². The average molecular weight is 217 g/mol. The van der Waals surface area contributed by atoms with Crippen LogP contribution in [0.15, 0.2) is 0 Å². The van der Waals surface area contributed by atoms with Crippen molar-refractivity contribution in [2.24, 2.45) is 11.8 Å². The van der Waals surface area contributed by atoms with Crippen LogP contribution in [0.5, 0.6) is 0 Å². The third-order valence-corrected chi connectivity index (χ3v) is 3.30. The number of rotatable bonds is 0. The Kier molecular flexibility index (Phi) is 3.12. The predicted molar refractivity (Wildman–Crippen MR) is 43.6 cm³/mol. The van der Waals surface area contributed by atoms with Gasteiger partial charge in [0.1, 0.15) is 0 Å². The number of halogens is 4. The van der Waals surface area contributed by atoms with Crippen LogP contribution < -0.4 is 0 Å². The van der Waals surface area contributed by atoms with Crippen molar-refractivity contribution in [1.82, 2.24) is 0 Å². The maximum Gasteiger partial charge on any atom is 0.395 e. The summed E-state index contributed by atoms with van der Waals surface area (Å²) in [6.45, 7) is 1.68. The first-order chi connectivity index (χ1) is 5.84. The van der Waals surface area contributed by atoms with Crippen LogP contribution in [0, 0.1) is 11.8 Å². The molecule has 13 heavy (non-hydrogen) atoms. The standard InChI is InChI=1S/C8H12ClF3O/c1-4-2-3-5(13)6(7(4)9)8(10,11)12/h4-7,13H,2-3H2,1H3. The second-order valence-electron chi connectivity index (χ2n) is 3.63. The van der Waals surface area contributed by atoms with Gasteiger partial charge in [-0.05, 0) is 18.8 Å². The topological polar surface area (TPSA) is 20.2 Å². The Balaban J connectivity index is 2.78. The molecular weight excluding hydrogens is 205 g/mol. The smallest absolute Gasteiger partial charge is 0.392 e. The van der Waals surface area contributed by atoms with Gasteiger partial charge < -0.3 is 5.11 Å². The molecule has 0 bridgehead atoms. The number of alkyl halides is 4. The van der Waals surface area contributed by atoms with E-state index in [-0.39, 0.29) is 12.3 Å². The van der Waals surface area contributed by atoms with Crippen LogP contribution >= 0.6 is 11.6 Å². The lowest BCUT2D eigenvalue weighted by Crippen LogP contribution is -2.46. The summed E-state index contributed by atoms with van der Waals surface area (Å²) < 4.78 is 37.1. The van der Waals surface area contributed by atoms with Gasteiger partial charge in [-0.3, -0.25) is 0 Å². The zero-order chi connectivity index (χ0) is 10.2. The summed E-state index contributed by atoms with van der Waals surface area (Å²) in [7, 11) is 0. The molecule has 4 atom stereocenters. The van der Waals surface area contributed by atoms with Crippen LogP contribution in [0.4, 0.5) is 13.2 Å². The normalized spacial score (nSPS) is 42.0. The molecule has 0 aromatic heterocycles. The van der Waals surface area contributed by atoms with Crippen LogP contribution in [0.25, 0.3) is 0 Å². The summed E-state index contributed by atoms with van der Waals surface area (Å²) in [4.78, 5) is 0. The molecule has 4 unspecified atom stereocenters. The minimum absolute atomic E-state index is 0.184. The molecule has 0 spiro atoms. The highest BCUT2D eigenvalue weighted by atomic mass is 35.5. The minimum Gasteiger partial charge on any atom is -0.392 e. The third-order valence-electron chi connectivity index (χ3n) is 2.60. The van der Waals surface area contributed by atoms with E-state index >= 15 is 0 Å². The summed E-state index contributed by atoms with van der Waals surface area (Å²) in [5.74, 6) is -1.95. The van der Waals surface area contributed by atoms with Crippen LogP contribution in [-0.2, 0) is 0 Å². The van der Waals surface area contributed by atoms with E-state index < -0.39 is 23.6 Å². The first kappa shape index (κ1) is 11.1. The molecule has 1 fully saturated rings. The fourth-order valence-corrected chi connectivity index (χ4v) is 2.17. The lowest BCUT2D eigenvalue weighted by Gasteiger charge is -2.37. The molecule has 0 aromatic carbocycles. The van der Waals surface area contributed by atoms with Crippen molar-refractivity contribution in [3.05, 3.63) is 0 Å². The van der Waals surface area contributed by atoms with Gasteiger partial charge in [-0.15, -0.1) is 11.6 Å². The molecule has 0 radical (unpaired) electrons. The number of hydrogen-bond donors (Lipinski definition) is 1. The van der Waals surface area contributed by atoms with Gasteiger partial charge in [-0.1, -0.05) is 6.92 Å². The molecule has 0 heterocycles. The van der Waals surface area contributed by atoms with Gasteiger partial charge in [0.25, 0.3) is 0 Å². The summed E-state index contributed by atoms with van der Waals surface area (Å²) in [5, 5.41) is 8.19. The molecule has 1 aliphatic rings. The second-order valence-corrected chi connectivity index (χ2v) is 4.14. The maximum atomic E-state index is 12.4. The van der Waals surface area contributed by atoms with Crippen molar-refractivity contribution in [2.45, 2.75) is 37.4 Å². The third kappa shape index (κ3) is 2.29. The van der Waals surface area contributed by atoms with Gasteiger partial charge in [-0.25, -0.2) is 0 Å². The molecule has 1 rings (SSSR count). The van der Waals surface area contributed by atoms with Gasteiger partial charge in [0.15, 0.2) is 0 Å². The first-order valence-corrected chi connectivity index (χ1v) is 4.66. The Morgan fingerprint density at radius 2 is 1.85 bits per heavy atom. The molecular formula is C8H12ClF3O. The highest BCUT2D eigenvalue weighted by Gasteiger charge is 2.51. The summed E-state index contributed by atoms with van der Waals surface area (Å²) >= 11 is 5.63. The fourth-order valence-electron chi connectivity index (χ4n) is 1.74. The SMILES string of the molecule is CC1CCC(O)C(C(F)(F)F)C1Cl. The van der Waals surface area contributed by atoms with Crippen molar-refractivity contribution in [2.75, 3.05) is 0 Å². The van der Waals surface area contributed by atoms with Crippen LogP contribution in [-0.4, -0.2) is 22.8 Å². The van der Waals surface area contributed by atoms with Crippen LogP contribution in [0.2, 0.25) is 0 Å². The molecule has 1 saturated carbocycles. The number of aliphatic hydroxyl groups excluding tert-OH is 1. The maximum absolute atomic E-state index is 12.4. The molecule has 78 valence electrons. The Morgan fingerprint density at radius 1 is 1.31 bits per heavy atom. The van der Waals surface area contributed by atoms with E-state index in [4.69, 9.17) is 11.6 Å². The van der Waals surface area contributed by atoms with E-state index in [9.17, 15) is 18.3 Å². The van der Waals surface area contributed by atoms with Gasteiger partial charge in [-0.2, -0.15) is 13.2 Å². The van der Waals surface area contributed by atoms with E-state index in [1.165, 1.54) is 0 Å². The molecule has 1 aliphatic carbocycles. The molecule has 0 amide bonds. The summed E-state index contributed by atoms with van der Waals surface area (Å²) in [6.07, 6.45) is -4.98. The first-order valence-electron chi connectivity index (χ1n) is 4.23. The average Bonchev–Trinajstić information content (AvgIpc) is 1.95. The molecule has 5 heteroatoms.